The molecule has 1 unspecified atom stereocenters. The van der Waals surface area contributed by atoms with Crippen LogP contribution in [0.25, 0.3) is 0 Å². The van der Waals surface area contributed by atoms with Crippen molar-refractivity contribution in [2.24, 2.45) is 7.05 Å². The number of nitrogens with zero attached hydrogens (tertiary/aromatic N) is 1. The first-order valence-electron chi connectivity index (χ1n) is 7.46. The van der Waals surface area contributed by atoms with Crippen LogP contribution in [0.4, 0.5) is 0 Å². The minimum Gasteiger partial charge on any atom is -0.380 e. The van der Waals surface area contributed by atoms with Crippen molar-refractivity contribution in [1.82, 2.24) is 0 Å². The van der Waals surface area contributed by atoms with Gasteiger partial charge in [0.15, 0.2) is 19.5 Å². The summed E-state index contributed by atoms with van der Waals surface area (Å²) in [5, 5.41) is 12.3. The molecule has 0 bridgehead atoms. The molecule has 0 aliphatic rings. The maximum Gasteiger partial charge on any atom is 0.174 e. The number of benzene rings is 2. The lowest BCUT2D eigenvalue weighted by Gasteiger charge is -2.24. The quantitative estimate of drug-likeness (QED) is 0.592. The normalized spacial score (nSPS) is 12.8. The van der Waals surface area contributed by atoms with Gasteiger partial charge in [0.1, 0.15) is 12.9 Å². The number of aliphatic hydroxyl groups excluding tert-OH is 1. The lowest BCUT2D eigenvalue weighted by Crippen LogP contribution is -2.29. The van der Waals surface area contributed by atoms with Crippen molar-refractivity contribution in [3.63, 3.8) is 0 Å². The fourth-order valence-corrected chi connectivity index (χ4v) is 5.37. The molecule has 1 atom stereocenters. The molecule has 2 aromatic carbocycles. The van der Waals surface area contributed by atoms with E-state index in [9.17, 15) is 9.67 Å². The molecule has 0 saturated carbocycles. The lowest BCUT2D eigenvalue weighted by atomic mass is 10.3. The zero-order valence-corrected chi connectivity index (χ0v) is 13.8. The van der Waals surface area contributed by atoms with Gasteiger partial charge in [-0.1, -0.05) is 60.7 Å². The molecule has 0 aliphatic heterocycles. The van der Waals surface area contributed by atoms with Crippen molar-refractivity contribution in [1.29, 1.82) is 0 Å². The van der Waals surface area contributed by atoms with Gasteiger partial charge in [0.2, 0.25) is 0 Å². The molecule has 116 valence electrons. The Hall–Kier alpha value is -2.22. The SMILES string of the molecule is C[n+]1cccc(C(O)P(=O)(c2ccccc2)c2ccccc2)c1. The second kappa shape index (κ2) is 6.49. The average molecular weight is 324 g/mol. The number of rotatable bonds is 4. The van der Waals surface area contributed by atoms with E-state index < -0.39 is 13.0 Å². The third-order valence-corrected chi connectivity index (χ3v) is 7.00. The van der Waals surface area contributed by atoms with Gasteiger partial charge in [-0.2, -0.15) is 0 Å². The van der Waals surface area contributed by atoms with Crippen molar-refractivity contribution < 1.29 is 14.2 Å². The molecular weight excluding hydrogens is 305 g/mol. The van der Waals surface area contributed by atoms with Gasteiger partial charge < -0.3 is 9.67 Å². The minimum absolute atomic E-state index is 0.644. The Morgan fingerprint density at radius 2 is 1.39 bits per heavy atom. The Kier molecular flexibility index (Phi) is 4.42. The average Bonchev–Trinajstić information content (AvgIpc) is 2.62. The number of aromatic nitrogens is 1. The van der Waals surface area contributed by atoms with Gasteiger partial charge in [-0.05, 0) is 6.07 Å². The molecule has 23 heavy (non-hydrogen) atoms. The first-order valence-corrected chi connectivity index (χ1v) is 9.24. The maximum absolute atomic E-state index is 14.0. The summed E-state index contributed by atoms with van der Waals surface area (Å²) < 4.78 is 15.8. The summed E-state index contributed by atoms with van der Waals surface area (Å²) in [6.45, 7) is 0. The Bertz CT molecular complexity index is 791. The molecule has 0 amide bonds. The van der Waals surface area contributed by atoms with E-state index in [0.29, 0.717) is 16.2 Å². The molecule has 3 rings (SSSR count). The number of pyridine rings is 1. The molecule has 0 spiro atoms. The van der Waals surface area contributed by atoms with E-state index in [-0.39, 0.29) is 0 Å². The summed E-state index contributed by atoms with van der Waals surface area (Å²) in [4.78, 5) is 0. The summed E-state index contributed by atoms with van der Waals surface area (Å²) in [6.07, 6.45) is 3.69. The minimum atomic E-state index is -3.21. The van der Waals surface area contributed by atoms with Gasteiger partial charge in [0, 0.05) is 16.7 Å². The van der Waals surface area contributed by atoms with Crippen LogP contribution in [-0.2, 0) is 11.6 Å². The number of aryl methyl sites for hydroxylation is 1. The fourth-order valence-electron chi connectivity index (χ4n) is 2.70. The predicted octanol–water partition coefficient (Wildman–Crippen LogP) is 2.52. The van der Waals surface area contributed by atoms with E-state index in [1.165, 1.54) is 0 Å². The standard InChI is InChI=1S/C19H19NO2P/c1-20-14-8-9-16(15-20)19(21)23(22,17-10-4-2-5-11-17)18-12-6-3-7-13-18/h2-15,19,21H,1H3/q+1. The molecular formula is C19H19NO2P+. The zero-order chi connectivity index (χ0) is 16.3. The highest BCUT2D eigenvalue weighted by Crippen LogP contribution is 2.55. The first kappa shape index (κ1) is 15.7. The monoisotopic (exact) mass is 324 g/mol. The van der Waals surface area contributed by atoms with Crippen molar-refractivity contribution >= 4 is 17.8 Å². The molecule has 0 fully saturated rings. The van der Waals surface area contributed by atoms with E-state index in [2.05, 4.69) is 0 Å². The molecule has 4 heteroatoms. The van der Waals surface area contributed by atoms with Crippen LogP contribution in [0.1, 0.15) is 11.4 Å². The molecule has 0 aliphatic carbocycles. The molecule has 3 aromatic rings. The third kappa shape index (κ3) is 2.98. The molecule has 1 heterocycles. The Morgan fingerprint density at radius 3 is 1.87 bits per heavy atom. The number of hydrogen-bond donors (Lipinski definition) is 1. The van der Waals surface area contributed by atoms with Crippen LogP contribution >= 0.6 is 7.14 Å². The van der Waals surface area contributed by atoms with Crippen LogP contribution in [0.5, 0.6) is 0 Å². The topological polar surface area (TPSA) is 41.2 Å². The van der Waals surface area contributed by atoms with Gasteiger partial charge in [-0.3, -0.25) is 0 Å². The van der Waals surface area contributed by atoms with Gasteiger partial charge in [0.05, 0.1) is 5.56 Å². The Morgan fingerprint density at radius 1 is 0.870 bits per heavy atom. The van der Waals surface area contributed by atoms with E-state index in [4.69, 9.17) is 0 Å². The summed E-state index contributed by atoms with van der Waals surface area (Å²) in [5.74, 6) is -1.08. The van der Waals surface area contributed by atoms with Crippen LogP contribution in [0, 0.1) is 0 Å². The zero-order valence-electron chi connectivity index (χ0n) is 12.9. The van der Waals surface area contributed by atoms with Crippen molar-refractivity contribution in [2.75, 3.05) is 0 Å². The van der Waals surface area contributed by atoms with Gasteiger partial charge in [-0.25, -0.2) is 4.57 Å². The molecule has 1 aromatic heterocycles. The second-order valence-corrected chi connectivity index (χ2v) is 8.34. The molecule has 1 N–H and O–H groups in total. The van der Waals surface area contributed by atoms with Gasteiger partial charge >= 0.3 is 0 Å². The largest absolute Gasteiger partial charge is 0.380 e. The van der Waals surface area contributed by atoms with E-state index >= 15 is 0 Å². The maximum atomic E-state index is 14.0. The summed E-state index contributed by atoms with van der Waals surface area (Å²) >= 11 is 0. The first-order chi connectivity index (χ1) is 11.1. The van der Waals surface area contributed by atoms with Crippen LogP contribution in [0.2, 0.25) is 0 Å². The third-order valence-electron chi connectivity index (χ3n) is 3.88. The van der Waals surface area contributed by atoms with E-state index in [1.807, 2.05) is 96.8 Å². The van der Waals surface area contributed by atoms with Crippen LogP contribution < -0.4 is 15.2 Å². The smallest absolute Gasteiger partial charge is 0.174 e. The van der Waals surface area contributed by atoms with Crippen LogP contribution in [-0.4, -0.2) is 5.11 Å². The Labute approximate surface area is 136 Å². The van der Waals surface area contributed by atoms with Crippen molar-refractivity contribution in [2.45, 2.75) is 5.85 Å². The van der Waals surface area contributed by atoms with Gasteiger partial charge in [-0.15, -0.1) is 0 Å². The lowest BCUT2D eigenvalue weighted by molar-refractivity contribution is -0.672. The van der Waals surface area contributed by atoms with Crippen molar-refractivity contribution in [3.05, 3.63) is 90.8 Å². The van der Waals surface area contributed by atoms with E-state index in [0.717, 1.165) is 0 Å². The summed E-state index contributed by atoms with van der Waals surface area (Å²) in [6, 6.07) is 22.1. The molecule has 3 nitrogen and oxygen atoms in total. The van der Waals surface area contributed by atoms with Crippen molar-refractivity contribution in [3.8, 4) is 0 Å². The fraction of sp³-hybridized carbons (Fsp3) is 0.105. The highest BCUT2D eigenvalue weighted by molar-refractivity contribution is 7.78. The number of aliphatic hydroxyl groups is 1. The predicted molar refractivity (Wildman–Crippen MR) is 92.3 cm³/mol. The number of hydrogen-bond acceptors (Lipinski definition) is 2. The second-order valence-electron chi connectivity index (χ2n) is 5.51. The summed E-state index contributed by atoms with van der Waals surface area (Å²) in [7, 11) is -1.33. The highest BCUT2D eigenvalue weighted by Gasteiger charge is 2.37. The Balaban J connectivity index is 2.19. The van der Waals surface area contributed by atoms with E-state index in [1.54, 1.807) is 0 Å². The molecule has 0 saturated heterocycles. The van der Waals surface area contributed by atoms with Crippen LogP contribution in [0.3, 0.4) is 0 Å². The molecule has 0 radical (unpaired) electrons. The summed E-state index contributed by atoms with van der Waals surface area (Å²) in [5.41, 5.74) is 0.644. The van der Waals surface area contributed by atoms with Crippen LogP contribution in [0.15, 0.2) is 85.2 Å². The van der Waals surface area contributed by atoms with Gasteiger partial charge in [0.25, 0.3) is 0 Å². The highest BCUT2D eigenvalue weighted by atomic mass is 31.2.